The lowest BCUT2D eigenvalue weighted by Crippen LogP contribution is -2.12. The normalized spacial score (nSPS) is 10.4. The summed E-state index contributed by atoms with van der Waals surface area (Å²) in [5, 5.41) is 0. The third-order valence-corrected chi connectivity index (χ3v) is 2.43. The average molecular weight is 216 g/mol. The first-order chi connectivity index (χ1) is 7.59. The molecular weight excluding hydrogens is 204 g/mol. The zero-order chi connectivity index (χ0) is 11.7. The Morgan fingerprint density at radius 2 is 2.12 bits per heavy atom. The standard InChI is InChI=1S/C12H12N2O2/c1-7-3-4-9(8(2)5-7)11-10(12(13)15)14-6-16-11/h3-6H,1-2H3,(H2,13,15). The minimum absolute atomic E-state index is 0.173. The van der Waals surface area contributed by atoms with Gasteiger partial charge in [0.2, 0.25) is 0 Å². The van der Waals surface area contributed by atoms with Gasteiger partial charge in [0.05, 0.1) is 0 Å². The first kappa shape index (κ1) is 10.4. The lowest BCUT2D eigenvalue weighted by molar-refractivity contribution is 0.0996. The van der Waals surface area contributed by atoms with Crippen LogP contribution in [0.1, 0.15) is 21.6 Å². The van der Waals surface area contributed by atoms with Crippen LogP contribution in [0.3, 0.4) is 0 Å². The molecule has 2 N–H and O–H groups in total. The minimum atomic E-state index is -0.580. The molecule has 16 heavy (non-hydrogen) atoms. The minimum Gasteiger partial charge on any atom is -0.443 e. The van der Waals surface area contributed by atoms with Gasteiger partial charge in [-0.25, -0.2) is 4.98 Å². The number of aryl methyl sites for hydroxylation is 2. The molecule has 2 aromatic rings. The Hall–Kier alpha value is -2.10. The fraction of sp³-hybridized carbons (Fsp3) is 0.167. The fourth-order valence-electron chi connectivity index (χ4n) is 1.68. The maximum absolute atomic E-state index is 11.1. The van der Waals surface area contributed by atoms with Crippen molar-refractivity contribution >= 4 is 5.91 Å². The van der Waals surface area contributed by atoms with Gasteiger partial charge in [0.15, 0.2) is 17.8 Å². The van der Waals surface area contributed by atoms with E-state index in [0.29, 0.717) is 5.76 Å². The molecule has 4 heteroatoms. The number of aromatic nitrogens is 1. The van der Waals surface area contributed by atoms with Crippen molar-refractivity contribution in [3.05, 3.63) is 41.4 Å². The number of hydrogen-bond acceptors (Lipinski definition) is 3. The summed E-state index contributed by atoms with van der Waals surface area (Å²) < 4.78 is 5.22. The third kappa shape index (κ3) is 1.69. The van der Waals surface area contributed by atoms with Gasteiger partial charge in [0.25, 0.3) is 5.91 Å². The Morgan fingerprint density at radius 3 is 2.75 bits per heavy atom. The van der Waals surface area contributed by atoms with E-state index in [1.807, 2.05) is 32.0 Å². The van der Waals surface area contributed by atoms with Gasteiger partial charge in [-0.15, -0.1) is 0 Å². The zero-order valence-corrected chi connectivity index (χ0v) is 9.15. The van der Waals surface area contributed by atoms with Crippen LogP contribution in [0, 0.1) is 13.8 Å². The van der Waals surface area contributed by atoms with Crippen LogP contribution in [0.15, 0.2) is 29.0 Å². The van der Waals surface area contributed by atoms with Crippen molar-refractivity contribution in [3.63, 3.8) is 0 Å². The Kier molecular flexibility index (Phi) is 2.48. The molecule has 0 aliphatic heterocycles. The number of oxazole rings is 1. The molecule has 1 amide bonds. The highest BCUT2D eigenvalue weighted by Gasteiger charge is 2.16. The number of carbonyl (C=O) groups is 1. The van der Waals surface area contributed by atoms with Crippen molar-refractivity contribution in [2.24, 2.45) is 5.73 Å². The number of nitrogens with two attached hydrogens (primary N) is 1. The molecule has 0 atom stereocenters. The first-order valence-electron chi connectivity index (χ1n) is 4.90. The van der Waals surface area contributed by atoms with E-state index in [0.717, 1.165) is 16.7 Å². The molecule has 82 valence electrons. The molecule has 0 aliphatic rings. The molecule has 4 nitrogen and oxygen atoms in total. The SMILES string of the molecule is Cc1ccc(-c2ocnc2C(N)=O)c(C)c1. The van der Waals surface area contributed by atoms with Crippen LogP contribution in [0.4, 0.5) is 0 Å². The van der Waals surface area contributed by atoms with Crippen molar-refractivity contribution < 1.29 is 9.21 Å². The summed E-state index contributed by atoms with van der Waals surface area (Å²) in [5.41, 5.74) is 8.41. The maximum atomic E-state index is 11.1. The molecule has 0 fully saturated rings. The van der Waals surface area contributed by atoms with Gasteiger partial charge in [-0.2, -0.15) is 0 Å². The van der Waals surface area contributed by atoms with E-state index >= 15 is 0 Å². The molecule has 1 aromatic carbocycles. The maximum Gasteiger partial charge on any atom is 0.271 e. The lowest BCUT2D eigenvalue weighted by atomic mass is 10.0. The van der Waals surface area contributed by atoms with Gasteiger partial charge in [0.1, 0.15) is 0 Å². The molecule has 1 aromatic heterocycles. The number of carbonyl (C=O) groups excluding carboxylic acids is 1. The molecule has 0 unspecified atom stereocenters. The lowest BCUT2D eigenvalue weighted by Gasteiger charge is -2.04. The summed E-state index contributed by atoms with van der Waals surface area (Å²) in [7, 11) is 0. The van der Waals surface area contributed by atoms with E-state index in [1.54, 1.807) is 0 Å². The van der Waals surface area contributed by atoms with Crippen molar-refractivity contribution in [1.82, 2.24) is 4.98 Å². The van der Waals surface area contributed by atoms with Crippen LogP contribution < -0.4 is 5.73 Å². The smallest absolute Gasteiger partial charge is 0.271 e. The molecule has 2 rings (SSSR count). The number of hydrogen-bond donors (Lipinski definition) is 1. The van der Waals surface area contributed by atoms with Gasteiger partial charge < -0.3 is 10.2 Å². The second-order valence-corrected chi connectivity index (χ2v) is 3.71. The summed E-state index contributed by atoms with van der Waals surface area (Å²) >= 11 is 0. The summed E-state index contributed by atoms with van der Waals surface area (Å²) in [5.74, 6) is -0.145. The summed E-state index contributed by atoms with van der Waals surface area (Å²) in [6, 6.07) is 5.87. The van der Waals surface area contributed by atoms with E-state index in [-0.39, 0.29) is 5.69 Å². The van der Waals surface area contributed by atoms with E-state index in [9.17, 15) is 4.79 Å². The van der Waals surface area contributed by atoms with E-state index in [2.05, 4.69) is 4.98 Å². The van der Waals surface area contributed by atoms with E-state index in [4.69, 9.17) is 10.2 Å². The number of amides is 1. The van der Waals surface area contributed by atoms with Crippen LogP contribution in [0.25, 0.3) is 11.3 Å². The Labute approximate surface area is 93.1 Å². The monoisotopic (exact) mass is 216 g/mol. The van der Waals surface area contributed by atoms with Gasteiger partial charge >= 0.3 is 0 Å². The number of primary amides is 1. The van der Waals surface area contributed by atoms with Crippen molar-refractivity contribution in [1.29, 1.82) is 0 Å². The molecule has 0 radical (unpaired) electrons. The van der Waals surface area contributed by atoms with Crippen LogP contribution in [-0.4, -0.2) is 10.9 Å². The van der Waals surface area contributed by atoms with Crippen LogP contribution >= 0.6 is 0 Å². The van der Waals surface area contributed by atoms with Crippen LogP contribution in [0.5, 0.6) is 0 Å². The second-order valence-electron chi connectivity index (χ2n) is 3.71. The predicted octanol–water partition coefficient (Wildman–Crippen LogP) is 2.06. The highest BCUT2D eigenvalue weighted by atomic mass is 16.3. The fourth-order valence-corrected chi connectivity index (χ4v) is 1.68. The second kappa shape index (κ2) is 3.81. The molecule has 0 spiro atoms. The molecule has 0 saturated carbocycles. The summed E-state index contributed by atoms with van der Waals surface area (Å²) in [6.45, 7) is 3.96. The highest BCUT2D eigenvalue weighted by molar-refractivity contribution is 5.96. The predicted molar refractivity (Wildman–Crippen MR) is 59.9 cm³/mol. The zero-order valence-electron chi connectivity index (χ0n) is 9.15. The van der Waals surface area contributed by atoms with Crippen molar-refractivity contribution in [3.8, 4) is 11.3 Å². The quantitative estimate of drug-likeness (QED) is 0.835. The third-order valence-electron chi connectivity index (χ3n) is 2.43. The van der Waals surface area contributed by atoms with Crippen LogP contribution in [-0.2, 0) is 0 Å². The number of rotatable bonds is 2. The molecule has 0 bridgehead atoms. The van der Waals surface area contributed by atoms with Gasteiger partial charge in [-0.05, 0) is 19.4 Å². The van der Waals surface area contributed by atoms with E-state index < -0.39 is 5.91 Å². The molecular formula is C12H12N2O2. The topological polar surface area (TPSA) is 69.1 Å². The summed E-state index contributed by atoms with van der Waals surface area (Å²) in [6.07, 6.45) is 1.23. The van der Waals surface area contributed by atoms with Gasteiger partial charge in [-0.3, -0.25) is 4.79 Å². The molecule has 0 aliphatic carbocycles. The Bertz CT molecular complexity index is 544. The Balaban J connectivity index is 2.59. The van der Waals surface area contributed by atoms with Crippen molar-refractivity contribution in [2.75, 3.05) is 0 Å². The number of benzene rings is 1. The largest absolute Gasteiger partial charge is 0.443 e. The summed E-state index contributed by atoms with van der Waals surface area (Å²) in [4.78, 5) is 14.9. The molecule has 0 saturated heterocycles. The number of nitrogens with zero attached hydrogens (tertiary/aromatic N) is 1. The molecule has 1 heterocycles. The van der Waals surface area contributed by atoms with E-state index in [1.165, 1.54) is 6.39 Å². The first-order valence-corrected chi connectivity index (χ1v) is 4.90. The van der Waals surface area contributed by atoms with Crippen molar-refractivity contribution in [2.45, 2.75) is 13.8 Å². The Morgan fingerprint density at radius 1 is 1.38 bits per heavy atom. The van der Waals surface area contributed by atoms with Crippen LogP contribution in [0.2, 0.25) is 0 Å². The highest BCUT2D eigenvalue weighted by Crippen LogP contribution is 2.26. The van der Waals surface area contributed by atoms with Gasteiger partial charge in [-0.1, -0.05) is 23.8 Å². The average Bonchev–Trinajstić information content (AvgIpc) is 2.66. The van der Waals surface area contributed by atoms with Gasteiger partial charge in [0, 0.05) is 5.56 Å².